The lowest BCUT2D eigenvalue weighted by atomic mass is 10.1. The van der Waals surface area contributed by atoms with E-state index in [1.54, 1.807) is 31.5 Å². The van der Waals surface area contributed by atoms with Crippen molar-refractivity contribution in [3.8, 4) is 0 Å². The number of thiazole rings is 1. The SMILES string of the molecule is CCOC(=O)Nc1cc(CCc2cnc(NC(=O)Nc3cc(C(F)(F)F)ccc3F)s2)ccn1. The smallest absolute Gasteiger partial charge is 0.416 e. The zero-order valence-electron chi connectivity index (χ0n) is 17.7. The Balaban J connectivity index is 1.55. The first-order valence-corrected chi connectivity index (χ1v) is 10.7. The number of carbonyl (C=O) groups excluding carboxylic acids is 2. The molecule has 0 bridgehead atoms. The molecule has 0 radical (unpaired) electrons. The number of rotatable bonds is 7. The number of nitrogens with one attached hydrogen (secondary N) is 3. The van der Waals surface area contributed by atoms with E-state index in [9.17, 15) is 27.2 Å². The summed E-state index contributed by atoms with van der Waals surface area (Å²) in [5.74, 6) is -0.654. The van der Waals surface area contributed by atoms with Crippen molar-refractivity contribution in [3.05, 3.63) is 64.5 Å². The topological polar surface area (TPSA) is 105 Å². The van der Waals surface area contributed by atoms with Crippen LogP contribution in [0.25, 0.3) is 0 Å². The van der Waals surface area contributed by atoms with E-state index in [1.165, 1.54) is 0 Å². The summed E-state index contributed by atoms with van der Waals surface area (Å²) in [6, 6.07) is 4.30. The van der Waals surface area contributed by atoms with Gasteiger partial charge in [-0.25, -0.2) is 23.9 Å². The number of benzene rings is 1. The zero-order valence-corrected chi connectivity index (χ0v) is 18.5. The maximum absolute atomic E-state index is 13.8. The van der Waals surface area contributed by atoms with Gasteiger partial charge >= 0.3 is 18.3 Å². The number of pyridine rings is 1. The number of carbonyl (C=O) groups is 2. The number of alkyl halides is 3. The minimum absolute atomic E-state index is 0.194. The fourth-order valence-corrected chi connectivity index (χ4v) is 3.57. The highest BCUT2D eigenvalue weighted by molar-refractivity contribution is 7.15. The molecule has 0 atom stereocenters. The number of hydrogen-bond donors (Lipinski definition) is 3. The molecule has 34 heavy (non-hydrogen) atoms. The number of hydrogen-bond acceptors (Lipinski definition) is 6. The number of amides is 3. The Labute approximate surface area is 195 Å². The third-order valence-electron chi connectivity index (χ3n) is 4.31. The summed E-state index contributed by atoms with van der Waals surface area (Å²) < 4.78 is 57.0. The molecule has 0 saturated heterocycles. The number of halogens is 4. The summed E-state index contributed by atoms with van der Waals surface area (Å²) in [5, 5.41) is 7.15. The van der Waals surface area contributed by atoms with Gasteiger partial charge in [0.05, 0.1) is 17.9 Å². The number of nitrogens with zero attached hydrogens (tertiary/aromatic N) is 2. The van der Waals surface area contributed by atoms with Crippen LogP contribution in [-0.2, 0) is 23.8 Å². The van der Waals surface area contributed by atoms with Gasteiger partial charge in [-0.1, -0.05) is 0 Å². The van der Waals surface area contributed by atoms with Crippen molar-refractivity contribution < 1.29 is 31.9 Å². The zero-order chi connectivity index (χ0) is 24.7. The molecule has 3 N–H and O–H groups in total. The summed E-state index contributed by atoms with van der Waals surface area (Å²) in [5.41, 5.74) is -0.797. The Bertz CT molecular complexity index is 1170. The molecule has 0 aliphatic heterocycles. The molecule has 8 nitrogen and oxygen atoms in total. The number of aromatic nitrogens is 2. The largest absolute Gasteiger partial charge is 0.450 e. The molecule has 0 aliphatic rings. The van der Waals surface area contributed by atoms with Gasteiger partial charge in [-0.15, -0.1) is 11.3 Å². The van der Waals surface area contributed by atoms with Crippen LogP contribution < -0.4 is 16.0 Å². The van der Waals surface area contributed by atoms with Gasteiger partial charge in [-0.3, -0.25) is 10.6 Å². The molecule has 0 unspecified atom stereocenters. The van der Waals surface area contributed by atoms with Crippen LogP contribution in [0.15, 0.2) is 42.7 Å². The predicted molar refractivity (Wildman–Crippen MR) is 118 cm³/mol. The van der Waals surface area contributed by atoms with Gasteiger partial charge in [0, 0.05) is 17.3 Å². The number of ether oxygens (including phenoxy) is 1. The van der Waals surface area contributed by atoms with E-state index in [1.807, 2.05) is 0 Å². The molecule has 3 aromatic rings. The van der Waals surface area contributed by atoms with Gasteiger partial charge in [0.1, 0.15) is 11.6 Å². The first kappa shape index (κ1) is 24.9. The fraction of sp³-hybridized carbons (Fsp3) is 0.238. The molecule has 0 saturated carbocycles. The second-order valence-electron chi connectivity index (χ2n) is 6.80. The second-order valence-corrected chi connectivity index (χ2v) is 7.91. The van der Waals surface area contributed by atoms with Crippen molar-refractivity contribution in [2.24, 2.45) is 0 Å². The lowest BCUT2D eigenvalue weighted by Gasteiger charge is -2.11. The van der Waals surface area contributed by atoms with E-state index in [0.717, 1.165) is 21.8 Å². The molecule has 13 heteroatoms. The van der Waals surface area contributed by atoms with E-state index < -0.39 is 35.4 Å². The maximum atomic E-state index is 13.8. The van der Waals surface area contributed by atoms with Crippen molar-refractivity contribution in [1.29, 1.82) is 0 Å². The maximum Gasteiger partial charge on any atom is 0.416 e. The van der Waals surface area contributed by atoms with E-state index in [4.69, 9.17) is 4.74 Å². The van der Waals surface area contributed by atoms with E-state index in [-0.39, 0.29) is 11.7 Å². The summed E-state index contributed by atoms with van der Waals surface area (Å²) in [6.45, 7) is 1.93. The number of aryl methyl sites for hydroxylation is 2. The molecule has 0 spiro atoms. The average Bonchev–Trinajstić information content (AvgIpc) is 3.20. The monoisotopic (exact) mass is 497 g/mol. The lowest BCUT2D eigenvalue weighted by Crippen LogP contribution is -2.20. The van der Waals surface area contributed by atoms with Crippen molar-refractivity contribution >= 4 is 40.1 Å². The molecular weight excluding hydrogens is 478 g/mol. The summed E-state index contributed by atoms with van der Waals surface area (Å²) in [4.78, 5) is 32.5. The van der Waals surface area contributed by atoms with Gasteiger partial charge in [0.25, 0.3) is 0 Å². The minimum Gasteiger partial charge on any atom is -0.450 e. The van der Waals surface area contributed by atoms with Crippen LogP contribution in [0.5, 0.6) is 0 Å². The minimum atomic E-state index is -4.67. The van der Waals surface area contributed by atoms with Crippen LogP contribution in [-0.4, -0.2) is 28.7 Å². The van der Waals surface area contributed by atoms with Crippen LogP contribution in [0.1, 0.15) is 22.9 Å². The van der Waals surface area contributed by atoms with Gasteiger partial charge in [-0.05, 0) is 55.7 Å². The molecule has 180 valence electrons. The van der Waals surface area contributed by atoms with Crippen molar-refractivity contribution in [2.45, 2.75) is 25.9 Å². The molecule has 0 aliphatic carbocycles. The Morgan fingerprint density at radius 2 is 1.85 bits per heavy atom. The highest BCUT2D eigenvalue weighted by Crippen LogP contribution is 2.32. The normalized spacial score (nSPS) is 11.1. The summed E-state index contributed by atoms with van der Waals surface area (Å²) >= 11 is 1.16. The Hall–Kier alpha value is -3.74. The van der Waals surface area contributed by atoms with Crippen molar-refractivity contribution in [2.75, 3.05) is 22.6 Å². The molecule has 3 rings (SSSR count). The quantitative estimate of drug-likeness (QED) is 0.364. The number of anilines is 3. The molecule has 1 aromatic carbocycles. The van der Waals surface area contributed by atoms with Crippen LogP contribution >= 0.6 is 11.3 Å². The molecule has 3 amide bonds. The predicted octanol–water partition coefficient (Wildman–Crippen LogP) is 5.69. The fourth-order valence-electron chi connectivity index (χ4n) is 2.77. The molecule has 2 aromatic heterocycles. The van der Waals surface area contributed by atoms with E-state index in [0.29, 0.717) is 36.9 Å². The summed E-state index contributed by atoms with van der Waals surface area (Å²) in [7, 11) is 0. The second kappa shape index (κ2) is 10.9. The highest BCUT2D eigenvalue weighted by Gasteiger charge is 2.31. The van der Waals surface area contributed by atoms with Crippen molar-refractivity contribution in [3.63, 3.8) is 0 Å². The van der Waals surface area contributed by atoms with Crippen LogP contribution in [0.2, 0.25) is 0 Å². The van der Waals surface area contributed by atoms with Crippen molar-refractivity contribution in [1.82, 2.24) is 9.97 Å². The Morgan fingerprint density at radius 1 is 1.06 bits per heavy atom. The van der Waals surface area contributed by atoms with Crippen LogP contribution in [0.3, 0.4) is 0 Å². The van der Waals surface area contributed by atoms with Gasteiger partial charge in [0.15, 0.2) is 5.13 Å². The average molecular weight is 497 g/mol. The molecule has 0 fully saturated rings. The third-order valence-corrected chi connectivity index (χ3v) is 5.28. The van der Waals surface area contributed by atoms with Gasteiger partial charge in [0.2, 0.25) is 0 Å². The Morgan fingerprint density at radius 3 is 2.59 bits per heavy atom. The van der Waals surface area contributed by atoms with Crippen LogP contribution in [0.4, 0.5) is 43.8 Å². The van der Waals surface area contributed by atoms with E-state index in [2.05, 4.69) is 25.9 Å². The highest BCUT2D eigenvalue weighted by atomic mass is 32.1. The standard InChI is InChI=1S/C21H19F4N5O3S/c1-2-33-20(32)29-17-9-12(7-8-26-17)3-5-14-11-27-19(34-14)30-18(31)28-16-10-13(21(23,24)25)4-6-15(16)22/h4,6-11H,2-3,5H2,1H3,(H,26,29,32)(H2,27,28,30,31). The first-order valence-electron chi connectivity index (χ1n) is 9.92. The molecule has 2 heterocycles. The van der Waals surface area contributed by atoms with E-state index >= 15 is 0 Å². The van der Waals surface area contributed by atoms with Crippen LogP contribution in [0, 0.1) is 5.82 Å². The van der Waals surface area contributed by atoms with Gasteiger partial charge in [-0.2, -0.15) is 13.2 Å². The summed E-state index contributed by atoms with van der Waals surface area (Å²) in [6.07, 6.45) is -1.03. The first-order chi connectivity index (χ1) is 16.1. The third kappa shape index (κ3) is 7.13. The Kier molecular flexibility index (Phi) is 7.99. The van der Waals surface area contributed by atoms with Gasteiger partial charge < -0.3 is 10.1 Å². The lowest BCUT2D eigenvalue weighted by molar-refractivity contribution is -0.137. The molecular formula is C21H19F4N5O3S. The number of urea groups is 1.